The topological polar surface area (TPSA) is 138 Å². The summed E-state index contributed by atoms with van der Waals surface area (Å²) in [6.45, 7) is 0. The van der Waals surface area contributed by atoms with E-state index in [0.29, 0.717) is 5.01 Å². The number of amides is 3. The first-order valence-corrected chi connectivity index (χ1v) is 4.59. The maximum Gasteiger partial charge on any atom is 0.433 e. The number of furan rings is 1. The van der Waals surface area contributed by atoms with Crippen LogP contribution in [-0.4, -0.2) is 39.4 Å². The van der Waals surface area contributed by atoms with Crippen molar-refractivity contribution in [2.45, 2.75) is 6.23 Å². The first-order valence-electron chi connectivity index (χ1n) is 4.59. The summed E-state index contributed by atoms with van der Waals surface area (Å²) in [5, 5.41) is 25.4. The Bertz CT molecular complexity index is 550. The summed E-state index contributed by atoms with van der Waals surface area (Å²) in [5.41, 5.74) is 0. The van der Waals surface area contributed by atoms with E-state index in [1.165, 1.54) is 6.07 Å². The van der Waals surface area contributed by atoms with Gasteiger partial charge in [0.05, 0.1) is 12.3 Å². The first-order chi connectivity index (χ1) is 8.49. The zero-order valence-corrected chi connectivity index (χ0v) is 8.64. The van der Waals surface area contributed by atoms with Crippen molar-refractivity contribution in [2.75, 3.05) is 0 Å². The lowest BCUT2D eigenvalue weighted by molar-refractivity contribution is -0.402. The van der Waals surface area contributed by atoms with E-state index < -0.39 is 29.0 Å². The number of hydrogen-bond acceptors (Lipinski definition) is 7. The van der Waals surface area contributed by atoms with Crippen LogP contribution in [0.2, 0.25) is 0 Å². The molecule has 0 aromatic carbocycles. The number of nitrogens with zero attached hydrogens (tertiary/aromatic N) is 3. The molecule has 0 saturated carbocycles. The number of nitro groups is 1. The Morgan fingerprint density at radius 1 is 1.56 bits per heavy atom. The van der Waals surface area contributed by atoms with Crippen molar-refractivity contribution < 1.29 is 24.0 Å². The second kappa shape index (κ2) is 4.25. The van der Waals surface area contributed by atoms with Crippen LogP contribution in [0.1, 0.15) is 5.76 Å². The number of hydrogen-bond donors (Lipinski definition) is 2. The maximum absolute atomic E-state index is 11.1. The van der Waals surface area contributed by atoms with Gasteiger partial charge >= 0.3 is 11.9 Å². The second-order valence-electron chi connectivity index (χ2n) is 3.19. The van der Waals surface area contributed by atoms with Gasteiger partial charge in [0.1, 0.15) is 4.92 Å². The summed E-state index contributed by atoms with van der Waals surface area (Å²) in [6.07, 6.45) is -0.757. The molecule has 10 heteroatoms. The molecule has 1 aliphatic heterocycles. The Morgan fingerprint density at radius 3 is 2.78 bits per heavy atom. The second-order valence-corrected chi connectivity index (χ2v) is 3.19. The normalized spacial score (nSPS) is 19.6. The molecular weight excluding hydrogens is 248 g/mol. The van der Waals surface area contributed by atoms with Crippen LogP contribution in [0, 0.1) is 10.1 Å². The smallest absolute Gasteiger partial charge is 0.400 e. The van der Waals surface area contributed by atoms with Crippen molar-refractivity contribution in [1.29, 1.82) is 0 Å². The Balaban J connectivity index is 2.13. The zero-order chi connectivity index (χ0) is 13.3. The van der Waals surface area contributed by atoms with Gasteiger partial charge in [-0.2, -0.15) is 10.1 Å². The molecule has 1 aromatic rings. The number of nitrogens with one attached hydrogen (secondary N) is 1. The van der Waals surface area contributed by atoms with Gasteiger partial charge in [0.15, 0.2) is 5.76 Å². The molecule has 10 nitrogen and oxygen atoms in total. The van der Waals surface area contributed by atoms with Crippen LogP contribution in [0.15, 0.2) is 21.7 Å². The van der Waals surface area contributed by atoms with Crippen LogP contribution >= 0.6 is 0 Å². The highest BCUT2D eigenvalue weighted by atomic mass is 16.6. The van der Waals surface area contributed by atoms with E-state index in [1.807, 2.05) is 5.32 Å². The molecule has 1 atom stereocenters. The van der Waals surface area contributed by atoms with Gasteiger partial charge in [0, 0.05) is 0 Å². The first kappa shape index (κ1) is 11.7. The fourth-order valence-corrected chi connectivity index (χ4v) is 1.19. The van der Waals surface area contributed by atoms with Gasteiger partial charge < -0.3 is 9.52 Å². The highest BCUT2D eigenvalue weighted by Crippen LogP contribution is 2.14. The minimum atomic E-state index is -1.72. The quantitative estimate of drug-likeness (QED) is 0.319. The minimum Gasteiger partial charge on any atom is -0.400 e. The summed E-state index contributed by atoms with van der Waals surface area (Å²) in [5.74, 6) is -1.39. The van der Waals surface area contributed by atoms with Crippen LogP contribution in [0.4, 0.5) is 10.7 Å². The van der Waals surface area contributed by atoms with Crippen molar-refractivity contribution >= 4 is 24.0 Å². The van der Waals surface area contributed by atoms with Crippen LogP contribution < -0.4 is 5.32 Å². The number of carbonyl (C=O) groups excluding carboxylic acids is 2. The molecule has 1 fully saturated rings. The van der Waals surface area contributed by atoms with Crippen molar-refractivity contribution in [3.63, 3.8) is 0 Å². The highest BCUT2D eigenvalue weighted by Gasteiger charge is 2.37. The lowest BCUT2D eigenvalue weighted by Crippen LogP contribution is -2.30. The molecule has 18 heavy (non-hydrogen) atoms. The molecule has 1 saturated heterocycles. The average molecular weight is 254 g/mol. The van der Waals surface area contributed by atoms with Gasteiger partial charge in [0.2, 0.25) is 6.23 Å². The van der Waals surface area contributed by atoms with Gasteiger partial charge in [-0.3, -0.25) is 20.2 Å². The van der Waals surface area contributed by atoms with Gasteiger partial charge in [-0.05, 0) is 6.07 Å². The van der Waals surface area contributed by atoms with Gasteiger partial charge in [-0.25, -0.2) is 4.79 Å². The van der Waals surface area contributed by atoms with E-state index in [4.69, 9.17) is 4.42 Å². The molecule has 0 spiro atoms. The third-order valence-corrected chi connectivity index (χ3v) is 2.01. The maximum atomic E-state index is 11.1. The van der Waals surface area contributed by atoms with Crippen molar-refractivity contribution in [3.8, 4) is 0 Å². The monoisotopic (exact) mass is 254 g/mol. The van der Waals surface area contributed by atoms with Gasteiger partial charge in [-0.1, -0.05) is 0 Å². The van der Waals surface area contributed by atoms with E-state index in [9.17, 15) is 24.8 Å². The Hall–Kier alpha value is -2.75. The summed E-state index contributed by atoms with van der Waals surface area (Å²) >= 11 is 0. The molecular formula is C8H6N4O6. The Morgan fingerprint density at radius 2 is 2.28 bits per heavy atom. The van der Waals surface area contributed by atoms with E-state index >= 15 is 0 Å². The van der Waals surface area contributed by atoms with Gasteiger partial charge in [-0.15, -0.1) is 0 Å². The van der Waals surface area contributed by atoms with E-state index in [-0.39, 0.29) is 5.76 Å². The predicted octanol–water partition coefficient (Wildman–Crippen LogP) is -0.608. The van der Waals surface area contributed by atoms with Crippen molar-refractivity contribution in [3.05, 3.63) is 28.0 Å². The standard InChI is InChI=1S/C8H6N4O6/c13-6-7(14)11(8(15)10-6)9-3-4-1-2-5(18-4)12(16)17/h1-3,7,14H,(H,10,13,15). The fourth-order valence-electron chi connectivity index (χ4n) is 1.19. The molecule has 2 rings (SSSR count). The molecule has 0 aliphatic carbocycles. The lowest BCUT2D eigenvalue weighted by atomic mass is 10.5. The van der Waals surface area contributed by atoms with E-state index in [1.54, 1.807) is 0 Å². The summed E-state index contributed by atoms with van der Waals surface area (Å²) in [4.78, 5) is 31.6. The largest absolute Gasteiger partial charge is 0.433 e. The van der Waals surface area contributed by atoms with E-state index in [0.717, 1.165) is 12.3 Å². The number of urea groups is 1. The van der Waals surface area contributed by atoms with Crippen molar-refractivity contribution in [1.82, 2.24) is 10.3 Å². The summed E-state index contributed by atoms with van der Waals surface area (Å²) < 4.78 is 4.73. The van der Waals surface area contributed by atoms with Crippen LogP contribution in [0.25, 0.3) is 0 Å². The number of rotatable bonds is 3. The third kappa shape index (κ3) is 2.04. The number of aliphatic hydroxyl groups is 1. The van der Waals surface area contributed by atoms with Crippen LogP contribution in [0.3, 0.4) is 0 Å². The summed E-state index contributed by atoms with van der Waals surface area (Å²) in [6, 6.07) is 1.46. The lowest BCUT2D eigenvalue weighted by Gasteiger charge is -2.08. The molecule has 1 aromatic heterocycles. The van der Waals surface area contributed by atoms with Crippen molar-refractivity contribution in [2.24, 2.45) is 5.10 Å². The minimum absolute atomic E-state index is 0.000971. The average Bonchev–Trinajstić information content (AvgIpc) is 2.85. The molecule has 0 bridgehead atoms. The predicted molar refractivity (Wildman–Crippen MR) is 54.3 cm³/mol. The zero-order valence-electron chi connectivity index (χ0n) is 8.64. The molecule has 3 amide bonds. The molecule has 1 aliphatic rings. The molecule has 94 valence electrons. The summed E-state index contributed by atoms with van der Waals surface area (Å²) in [7, 11) is 0. The Labute approximate surface area is 98.6 Å². The van der Waals surface area contributed by atoms with Gasteiger partial charge in [0.25, 0.3) is 5.91 Å². The number of imide groups is 1. The van der Waals surface area contributed by atoms with E-state index in [2.05, 4.69) is 5.10 Å². The molecule has 1 unspecified atom stereocenters. The molecule has 2 N–H and O–H groups in total. The molecule has 0 radical (unpaired) electrons. The number of hydrazone groups is 1. The van der Waals surface area contributed by atoms with Crippen LogP contribution in [-0.2, 0) is 4.79 Å². The number of carbonyl (C=O) groups is 2. The Kier molecular flexibility index (Phi) is 2.77. The molecule has 2 heterocycles. The highest BCUT2D eigenvalue weighted by molar-refractivity contribution is 6.03. The fraction of sp³-hybridized carbons (Fsp3) is 0.125. The third-order valence-electron chi connectivity index (χ3n) is 2.01. The van der Waals surface area contributed by atoms with Crippen LogP contribution in [0.5, 0.6) is 0 Å². The number of aliphatic hydroxyl groups excluding tert-OH is 1. The SMILES string of the molecule is O=C1NC(=O)N(N=Cc2ccc([N+](=O)[O-])o2)C1O.